The van der Waals surface area contributed by atoms with Crippen molar-refractivity contribution in [3.8, 4) is 0 Å². The first-order valence-corrected chi connectivity index (χ1v) is 17.9. The van der Waals surface area contributed by atoms with Gasteiger partial charge in [0.2, 0.25) is 47.3 Å². The molecule has 18 heteroatoms. The summed E-state index contributed by atoms with van der Waals surface area (Å²) < 4.78 is 0. The van der Waals surface area contributed by atoms with E-state index in [0.29, 0.717) is 32.2 Å². The van der Waals surface area contributed by atoms with Crippen LogP contribution in [-0.2, 0) is 38.4 Å². The van der Waals surface area contributed by atoms with Gasteiger partial charge in [0.25, 0.3) is 0 Å². The van der Waals surface area contributed by atoms with Crippen LogP contribution < -0.4 is 48.7 Å². The van der Waals surface area contributed by atoms with E-state index < -0.39 is 108 Å². The van der Waals surface area contributed by atoms with Crippen molar-refractivity contribution in [2.75, 3.05) is 19.7 Å². The number of carbonyl (C=O) groups is 8. The normalized spacial score (nSPS) is 15.3. The Bertz CT molecular complexity index is 1230. The Labute approximate surface area is 306 Å². The first-order valence-electron chi connectivity index (χ1n) is 17.9. The Kier molecular flexibility index (Phi) is 22.0. The molecular formula is C34H63N9O9. The fraction of sp³-hybridized carbons (Fsp3) is 0.765. The van der Waals surface area contributed by atoms with E-state index in [1.54, 1.807) is 48.5 Å². The fourth-order valence-electron chi connectivity index (χ4n) is 5.06. The number of nitrogens with two attached hydrogens (primary N) is 2. The largest absolute Gasteiger partial charge is 0.394 e. The standard InChI is InChI=1S/C34H63N9O9/c1-10-20(8)28(34(52)40-25(17(2)3)29(36)47)43-33(51)27(19(6)7)42-32(50)26(18(4)5)41-31(49)23(16-44)39-24(46)15-37-30(48)22(38-21(9)45)13-11-12-14-35/h17-20,22-23,25-28,44H,10-16,35H2,1-9H3,(H2,36,47)(H,37,48)(H,38,45)(H,39,46)(H,40,52)(H,41,49)(H,42,50)(H,43,51)/t20-,22-,23-,25-,26-,27-,28-/m0/s1. The van der Waals surface area contributed by atoms with Crippen molar-refractivity contribution >= 4 is 47.3 Å². The number of rotatable bonds is 24. The summed E-state index contributed by atoms with van der Waals surface area (Å²) >= 11 is 0. The van der Waals surface area contributed by atoms with E-state index >= 15 is 0 Å². The summed E-state index contributed by atoms with van der Waals surface area (Å²) in [6.07, 6.45) is 2.00. The molecule has 0 aromatic heterocycles. The van der Waals surface area contributed by atoms with Crippen LogP contribution in [0, 0.1) is 23.7 Å². The number of primary amides is 1. The zero-order valence-corrected chi connectivity index (χ0v) is 32.1. The molecule has 0 aromatic rings. The van der Waals surface area contributed by atoms with Gasteiger partial charge in [-0.05, 0) is 49.5 Å². The highest BCUT2D eigenvalue weighted by Gasteiger charge is 2.36. The second kappa shape index (κ2) is 24.0. The molecule has 52 heavy (non-hydrogen) atoms. The van der Waals surface area contributed by atoms with Crippen molar-refractivity contribution in [3.05, 3.63) is 0 Å². The lowest BCUT2D eigenvalue weighted by molar-refractivity contribution is -0.137. The summed E-state index contributed by atoms with van der Waals surface area (Å²) in [7, 11) is 0. The minimum atomic E-state index is -1.50. The average Bonchev–Trinajstić information content (AvgIpc) is 3.06. The van der Waals surface area contributed by atoms with Crippen LogP contribution >= 0.6 is 0 Å². The summed E-state index contributed by atoms with van der Waals surface area (Å²) in [5, 5.41) is 27.6. The number of aliphatic hydroxyl groups excluding tert-OH is 1. The fourth-order valence-corrected chi connectivity index (χ4v) is 5.06. The van der Waals surface area contributed by atoms with Crippen LogP contribution in [0.3, 0.4) is 0 Å². The van der Waals surface area contributed by atoms with Gasteiger partial charge in [0.05, 0.1) is 13.2 Å². The minimum Gasteiger partial charge on any atom is -0.394 e. The van der Waals surface area contributed by atoms with Gasteiger partial charge in [-0.25, -0.2) is 0 Å². The number of hydrogen-bond acceptors (Lipinski definition) is 10. The van der Waals surface area contributed by atoms with Gasteiger partial charge in [0.1, 0.15) is 36.3 Å². The van der Waals surface area contributed by atoms with Gasteiger partial charge in [0.15, 0.2) is 0 Å². The van der Waals surface area contributed by atoms with Crippen LogP contribution in [0.2, 0.25) is 0 Å². The SMILES string of the molecule is CC[C@H](C)[C@H](NC(=O)[C@@H](NC(=O)[C@@H](NC(=O)[C@H](CO)NC(=O)CNC(=O)[C@H](CCCCN)NC(C)=O)C(C)C)C(C)C)C(=O)N[C@H](C(N)=O)C(C)C. The van der Waals surface area contributed by atoms with E-state index in [0.717, 1.165) is 0 Å². The molecule has 298 valence electrons. The smallest absolute Gasteiger partial charge is 0.245 e. The van der Waals surface area contributed by atoms with E-state index in [4.69, 9.17) is 11.5 Å². The number of amides is 8. The molecule has 12 N–H and O–H groups in total. The second-order valence-electron chi connectivity index (χ2n) is 14.0. The molecule has 0 heterocycles. The van der Waals surface area contributed by atoms with Gasteiger partial charge in [-0.15, -0.1) is 0 Å². The Morgan fingerprint density at radius 1 is 0.596 bits per heavy atom. The van der Waals surface area contributed by atoms with E-state index in [-0.39, 0.29) is 11.8 Å². The molecule has 0 aromatic carbocycles. The van der Waals surface area contributed by atoms with Crippen molar-refractivity contribution < 1.29 is 43.5 Å². The third-order valence-electron chi connectivity index (χ3n) is 8.46. The Morgan fingerprint density at radius 2 is 1.06 bits per heavy atom. The lowest BCUT2D eigenvalue weighted by atomic mass is 9.95. The maximum Gasteiger partial charge on any atom is 0.245 e. The molecular weight excluding hydrogens is 678 g/mol. The van der Waals surface area contributed by atoms with Gasteiger partial charge in [-0.1, -0.05) is 61.8 Å². The molecule has 0 bridgehead atoms. The predicted octanol–water partition coefficient (Wildman–Crippen LogP) is -2.35. The minimum absolute atomic E-state index is 0.299. The van der Waals surface area contributed by atoms with Crippen molar-refractivity contribution in [1.29, 1.82) is 0 Å². The molecule has 0 saturated carbocycles. The number of nitrogens with one attached hydrogen (secondary N) is 7. The second-order valence-corrected chi connectivity index (χ2v) is 14.0. The third kappa shape index (κ3) is 16.8. The molecule has 0 spiro atoms. The summed E-state index contributed by atoms with van der Waals surface area (Å²) in [5.74, 6) is -7.12. The summed E-state index contributed by atoms with van der Waals surface area (Å²) in [4.78, 5) is 102. The summed E-state index contributed by atoms with van der Waals surface area (Å²) in [5.41, 5.74) is 10.9. The zero-order chi connectivity index (χ0) is 40.3. The van der Waals surface area contributed by atoms with Crippen LogP contribution in [-0.4, -0.2) is 108 Å². The molecule has 0 rings (SSSR count). The molecule has 0 saturated heterocycles. The summed E-state index contributed by atoms with van der Waals surface area (Å²) in [6.45, 7) is 13.9. The van der Waals surface area contributed by atoms with Crippen molar-refractivity contribution in [1.82, 2.24) is 37.2 Å². The lowest BCUT2D eigenvalue weighted by Gasteiger charge is -2.31. The number of unbranched alkanes of at least 4 members (excludes halogenated alkanes) is 1. The van der Waals surface area contributed by atoms with Crippen LogP contribution in [0.15, 0.2) is 0 Å². The Morgan fingerprint density at radius 3 is 1.48 bits per heavy atom. The van der Waals surface area contributed by atoms with Crippen molar-refractivity contribution in [2.24, 2.45) is 35.1 Å². The highest BCUT2D eigenvalue weighted by atomic mass is 16.3. The number of hydrogen-bond donors (Lipinski definition) is 10. The average molecular weight is 742 g/mol. The van der Waals surface area contributed by atoms with E-state index in [1.807, 2.05) is 6.92 Å². The molecule has 0 radical (unpaired) electrons. The van der Waals surface area contributed by atoms with Crippen molar-refractivity contribution in [2.45, 2.75) is 124 Å². The van der Waals surface area contributed by atoms with Crippen LogP contribution in [0.5, 0.6) is 0 Å². The monoisotopic (exact) mass is 741 g/mol. The molecule has 0 aliphatic heterocycles. The lowest BCUT2D eigenvalue weighted by Crippen LogP contribution is -2.62. The zero-order valence-electron chi connectivity index (χ0n) is 32.1. The Balaban J connectivity index is 5.70. The van der Waals surface area contributed by atoms with Crippen LogP contribution in [0.25, 0.3) is 0 Å². The van der Waals surface area contributed by atoms with Gasteiger partial charge in [-0.3, -0.25) is 38.4 Å². The molecule has 0 aliphatic carbocycles. The maximum absolute atomic E-state index is 13.5. The molecule has 0 aliphatic rings. The molecule has 7 atom stereocenters. The first kappa shape index (κ1) is 47.7. The molecule has 0 fully saturated rings. The van der Waals surface area contributed by atoms with Gasteiger partial charge >= 0.3 is 0 Å². The molecule has 8 amide bonds. The third-order valence-corrected chi connectivity index (χ3v) is 8.46. The molecule has 0 unspecified atom stereocenters. The quantitative estimate of drug-likeness (QED) is 0.0470. The van der Waals surface area contributed by atoms with Crippen LogP contribution in [0.4, 0.5) is 0 Å². The maximum atomic E-state index is 13.5. The highest BCUT2D eigenvalue weighted by Crippen LogP contribution is 2.13. The van der Waals surface area contributed by atoms with Gasteiger partial charge in [0, 0.05) is 6.92 Å². The highest BCUT2D eigenvalue weighted by molar-refractivity contribution is 5.97. The van der Waals surface area contributed by atoms with Gasteiger partial charge in [-0.2, -0.15) is 0 Å². The van der Waals surface area contributed by atoms with Crippen LogP contribution in [0.1, 0.15) is 88.0 Å². The number of carbonyl (C=O) groups excluding carboxylic acids is 8. The van der Waals surface area contributed by atoms with E-state index in [1.165, 1.54) is 6.92 Å². The predicted molar refractivity (Wildman–Crippen MR) is 193 cm³/mol. The Hall–Kier alpha value is -4.32. The molecule has 18 nitrogen and oxygen atoms in total. The number of aliphatic hydroxyl groups is 1. The van der Waals surface area contributed by atoms with E-state index in [2.05, 4.69) is 37.2 Å². The van der Waals surface area contributed by atoms with Gasteiger partial charge < -0.3 is 53.8 Å². The summed E-state index contributed by atoms with van der Waals surface area (Å²) in [6, 6.07) is -6.76. The van der Waals surface area contributed by atoms with E-state index in [9.17, 15) is 43.5 Å². The first-order chi connectivity index (χ1) is 24.2. The van der Waals surface area contributed by atoms with Crippen molar-refractivity contribution in [3.63, 3.8) is 0 Å². The topological polar surface area (TPSA) is 293 Å².